The number of anilines is 2. The van der Waals surface area contributed by atoms with Gasteiger partial charge in [-0.05, 0) is 67.6 Å². The molecule has 0 unspecified atom stereocenters. The number of nitrogens with one attached hydrogen (secondary N) is 2. The SMILES string of the molecule is CNS(=O)(=O)c1cc(NC(=O)CN2CCCc3cc(C(C)C)ccc32)ccc1C. The first-order valence-corrected chi connectivity index (χ1v) is 11.4. The van der Waals surface area contributed by atoms with Gasteiger partial charge in [0.05, 0.1) is 11.4 Å². The fourth-order valence-corrected chi connectivity index (χ4v) is 4.66. The highest BCUT2D eigenvalue weighted by molar-refractivity contribution is 7.89. The van der Waals surface area contributed by atoms with Gasteiger partial charge >= 0.3 is 0 Å². The number of carbonyl (C=O) groups is 1. The summed E-state index contributed by atoms with van der Waals surface area (Å²) in [6.45, 7) is 7.15. The number of carbonyl (C=O) groups excluding carboxylic acids is 1. The minimum atomic E-state index is -3.58. The first-order chi connectivity index (χ1) is 13.7. The summed E-state index contributed by atoms with van der Waals surface area (Å²) in [5.41, 5.74) is 4.81. The maximum Gasteiger partial charge on any atom is 0.243 e. The van der Waals surface area contributed by atoms with Crippen molar-refractivity contribution >= 4 is 27.3 Å². The highest BCUT2D eigenvalue weighted by atomic mass is 32.2. The molecule has 0 radical (unpaired) electrons. The van der Waals surface area contributed by atoms with Crippen molar-refractivity contribution in [2.75, 3.05) is 30.4 Å². The van der Waals surface area contributed by atoms with Gasteiger partial charge in [-0.25, -0.2) is 13.1 Å². The van der Waals surface area contributed by atoms with Crippen LogP contribution < -0.4 is 14.9 Å². The molecule has 0 spiro atoms. The van der Waals surface area contributed by atoms with Gasteiger partial charge in [-0.2, -0.15) is 0 Å². The Labute approximate surface area is 173 Å². The maximum absolute atomic E-state index is 12.7. The predicted molar refractivity (Wildman–Crippen MR) is 117 cm³/mol. The number of rotatable bonds is 6. The summed E-state index contributed by atoms with van der Waals surface area (Å²) in [4.78, 5) is 14.9. The van der Waals surface area contributed by atoms with E-state index in [0.29, 0.717) is 17.2 Å². The Morgan fingerprint density at radius 2 is 1.93 bits per heavy atom. The molecular formula is C22H29N3O3S. The first-order valence-electron chi connectivity index (χ1n) is 9.93. The fourth-order valence-electron chi connectivity index (χ4n) is 3.67. The minimum Gasteiger partial charge on any atom is -0.362 e. The zero-order chi connectivity index (χ0) is 21.2. The lowest BCUT2D eigenvalue weighted by Gasteiger charge is -2.31. The van der Waals surface area contributed by atoms with Crippen molar-refractivity contribution in [3.05, 3.63) is 53.1 Å². The molecule has 3 rings (SSSR count). The van der Waals surface area contributed by atoms with Crippen molar-refractivity contribution in [2.24, 2.45) is 0 Å². The van der Waals surface area contributed by atoms with Crippen molar-refractivity contribution in [1.29, 1.82) is 0 Å². The highest BCUT2D eigenvalue weighted by Crippen LogP contribution is 2.30. The van der Waals surface area contributed by atoms with Crippen molar-refractivity contribution < 1.29 is 13.2 Å². The van der Waals surface area contributed by atoms with E-state index in [0.717, 1.165) is 25.1 Å². The Bertz CT molecular complexity index is 1020. The molecule has 29 heavy (non-hydrogen) atoms. The number of aryl methyl sites for hydroxylation is 2. The maximum atomic E-state index is 12.7. The second-order valence-electron chi connectivity index (χ2n) is 7.80. The van der Waals surface area contributed by atoms with Crippen LogP contribution in [0.1, 0.15) is 42.9 Å². The topological polar surface area (TPSA) is 78.5 Å². The Morgan fingerprint density at radius 3 is 2.62 bits per heavy atom. The van der Waals surface area contributed by atoms with Gasteiger partial charge < -0.3 is 10.2 Å². The number of hydrogen-bond acceptors (Lipinski definition) is 4. The lowest BCUT2D eigenvalue weighted by Crippen LogP contribution is -2.36. The van der Waals surface area contributed by atoms with E-state index in [1.54, 1.807) is 19.1 Å². The van der Waals surface area contributed by atoms with Crippen molar-refractivity contribution in [3.8, 4) is 0 Å². The van der Waals surface area contributed by atoms with Crippen LogP contribution >= 0.6 is 0 Å². The molecule has 1 aliphatic heterocycles. The molecule has 1 heterocycles. The molecule has 6 nitrogen and oxygen atoms in total. The van der Waals surface area contributed by atoms with Crippen molar-refractivity contribution in [2.45, 2.75) is 44.4 Å². The van der Waals surface area contributed by atoms with Crippen LogP contribution in [0.3, 0.4) is 0 Å². The monoisotopic (exact) mass is 415 g/mol. The Balaban J connectivity index is 1.75. The average molecular weight is 416 g/mol. The highest BCUT2D eigenvalue weighted by Gasteiger charge is 2.21. The van der Waals surface area contributed by atoms with Crippen LogP contribution in [0.5, 0.6) is 0 Å². The van der Waals surface area contributed by atoms with Crippen LogP contribution in [0.15, 0.2) is 41.3 Å². The van der Waals surface area contributed by atoms with E-state index in [9.17, 15) is 13.2 Å². The Morgan fingerprint density at radius 1 is 1.17 bits per heavy atom. The summed E-state index contributed by atoms with van der Waals surface area (Å²) in [6.07, 6.45) is 2.04. The van der Waals surface area contributed by atoms with Gasteiger partial charge in [0.15, 0.2) is 0 Å². The molecule has 0 atom stereocenters. The van der Waals surface area contributed by atoms with Gasteiger partial charge in [-0.3, -0.25) is 4.79 Å². The molecule has 0 bridgehead atoms. The molecule has 0 saturated heterocycles. The molecule has 1 amide bonds. The van der Waals surface area contributed by atoms with Crippen molar-refractivity contribution in [1.82, 2.24) is 4.72 Å². The molecule has 2 N–H and O–H groups in total. The number of sulfonamides is 1. The first kappa shape index (κ1) is 21.3. The lowest BCUT2D eigenvalue weighted by molar-refractivity contribution is -0.115. The standard InChI is InChI=1S/C22H29N3O3S/c1-15(2)17-8-10-20-18(12-17)6-5-11-25(20)14-22(26)24-19-9-7-16(3)21(13-19)29(27,28)23-4/h7-10,12-13,15,23H,5-6,11,14H2,1-4H3,(H,24,26). The number of benzene rings is 2. The predicted octanol–water partition coefficient (Wildman–Crippen LogP) is 3.42. The zero-order valence-corrected chi connectivity index (χ0v) is 18.3. The Kier molecular flexibility index (Phi) is 6.29. The Hall–Kier alpha value is -2.38. The lowest BCUT2D eigenvalue weighted by atomic mass is 9.95. The number of hydrogen-bond donors (Lipinski definition) is 2. The summed E-state index contributed by atoms with van der Waals surface area (Å²) in [5.74, 6) is 0.311. The van der Waals surface area contributed by atoms with Gasteiger partial charge in [0, 0.05) is 17.9 Å². The smallest absolute Gasteiger partial charge is 0.243 e. The second kappa shape index (κ2) is 8.55. The van der Waals surface area contributed by atoms with E-state index in [2.05, 4.69) is 47.0 Å². The van der Waals surface area contributed by atoms with Crippen molar-refractivity contribution in [3.63, 3.8) is 0 Å². The molecule has 0 aromatic heterocycles. The molecule has 0 saturated carbocycles. The van der Waals surface area contributed by atoms with Gasteiger partial charge in [-0.1, -0.05) is 32.0 Å². The van der Waals surface area contributed by atoms with E-state index in [1.807, 2.05) is 0 Å². The number of amides is 1. The van der Waals surface area contributed by atoms with Crippen LogP contribution in [0.4, 0.5) is 11.4 Å². The summed E-state index contributed by atoms with van der Waals surface area (Å²) < 4.78 is 26.6. The average Bonchev–Trinajstić information content (AvgIpc) is 2.69. The zero-order valence-electron chi connectivity index (χ0n) is 17.5. The number of fused-ring (bicyclic) bond motifs is 1. The third kappa shape index (κ3) is 4.79. The van der Waals surface area contributed by atoms with E-state index in [-0.39, 0.29) is 17.3 Å². The molecule has 1 aliphatic rings. The van der Waals surface area contributed by atoms with Gasteiger partial charge in [0.25, 0.3) is 0 Å². The van der Waals surface area contributed by atoms with Crippen LogP contribution in [0.2, 0.25) is 0 Å². The molecule has 0 fully saturated rings. The summed E-state index contributed by atoms with van der Waals surface area (Å²) >= 11 is 0. The number of nitrogens with zero attached hydrogens (tertiary/aromatic N) is 1. The largest absolute Gasteiger partial charge is 0.362 e. The van der Waals surface area contributed by atoms with E-state index < -0.39 is 10.0 Å². The van der Waals surface area contributed by atoms with E-state index >= 15 is 0 Å². The van der Waals surface area contributed by atoms with Crippen LogP contribution in [-0.4, -0.2) is 34.5 Å². The van der Waals surface area contributed by atoms with Gasteiger partial charge in [-0.15, -0.1) is 0 Å². The third-order valence-corrected chi connectivity index (χ3v) is 6.91. The summed E-state index contributed by atoms with van der Waals surface area (Å²) in [5, 5.41) is 2.84. The van der Waals surface area contributed by atoms with E-state index in [4.69, 9.17) is 0 Å². The van der Waals surface area contributed by atoms with Gasteiger partial charge in [0.2, 0.25) is 15.9 Å². The van der Waals surface area contributed by atoms with Crippen LogP contribution in [-0.2, 0) is 21.2 Å². The minimum absolute atomic E-state index is 0.164. The molecule has 2 aromatic rings. The van der Waals surface area contributed by atoms with Crippen LogP contribution in [0, 0.1) is 6.92 Å². The summed E-state index contributed by atoms with van der Waals surface area (Å²) in [6, 6.07) is 11.4. The van der Waals surface area contributed by atoms with Gasteiger partial charge in [0.1, 0.15) is 0 Å². The molecular weight excluding hydrogens is 386 g/mol. The molecule has 2 aromatic carbocycles. The molecule has 0 aliphatic carbocycles. The fraction of sp³-hybridized carbons (Fsp3) is 0.409. The third-order valence-electron chi connectivity index (χ3n) is 5.35. The molecule has 7 heteroatoms. The quantitative estimate of drug-likeness (QED) is 0.758. The molecule has 156 valence electrons. The summed E-state index contributed by atoms with van der Waals surface area (Å²) in [7, 11) is -2.20. The van der Waals surface area contributed by atoms with E-state index in [1.165, 1.54) is 24.2 Å². The second-order valence-corrected chi connectivity index (χ2v) is 9.66. The normalized spacial score (nSPS) is 14.0. The van der Waals surface area contributed by atoms with Crippen LogP contribution in [0.25, 0.3) is 0 Å².